The highest BCUT2D eigenvalue weighted by Crippen LogP contribution is 2.25. The van der Waals surface area contributed by atoms with Crippen LogP contribution in [-0.4, -0.2) is 29.9 Å². The first kappa shape index (κ1) is 17.7. The van der Waals surface area contributed by atoms with Crippen molar-refractivity contribution in [1.29, 1.82) is 0 Å². The maximum absolute atomic E-state index is 11.9. The van der Waals surface area contributed by atoms with Gasteiger partial charge in [0.25, 0.3) is 0 Å². The Morgan fingerprint density at radius 2 is 2.04 bits per heavy atom. The molecule has 23 heavy (non-hydrogen) atoms. The van der Waals surface area contributed by atoms with Crippen LogP contribution in [0.15, 0.2) is 42.0 Å². The predicted molar refractivity (Wildman–Crippen MR) is 88.7 cm³/mol. The van der Waals surface area contributed by atoms with Gasteiger partial charge in [0.15, 0.2) is 6.10 Å². The van der Waals surface area contributed by atoms with Gasteiger partial charge in [-0.1, -0.05) is 55.8 Å². The van der Waals surface area contributed by atoms with Gasteiger partial charge in [0.2, 0.25) is 0 Å². The van der Waals surface area contributed by atoms with Crippen LogP contribution < -0.4 is 0 Å². The third kappa shape index (κ3) is 5.19. The van der Waals surface area contributed by atoms with Gasteiger partial charge in [0, 0.05) is 18.3 Å². The Balaban J connectivity index is 1.94. The predicted octanol–water partition coefficient (Wildman–Crippen LogP) is 3.10. The summed E-state index contributed by atoms with van der Waals surface area (Å²) >= 11 is 0. The number of benzene rings is 1. The molecule has 1 aliphatic heterocycles. The van der Waals surface area contributed by atoms with Gasteiger partial charge in [-0.05, 0) is 12.5 Å². The van der Waals surface area contributed by atoms with Crippen LogP contribution in [0.25, 0.3) is 0 Å². The highest BCUT2D eigenvalue weighted by molar-refractivity contribution is 5.75. The van der Waals surface area contributed by atoms with Crippen LogP contribution in [0.5, 0.6) is 0 Å². The lowest BCUT2D eigenvalue weighted by Crippen LogP contribution is -2.38. The van der Waals surface area contributed by atoms with Gasteiger partial charge in [-0.2, -0.15) is 0 Å². The zero-order valence-electron chi connectivity index (χ0n) is 14.1. The number of ether oxygens (including phenoxy) is 2. The van der Waals surface area contributed by atoms with E-state index < -0.39 is 12.1 Å². The van der Waals surface area contributed by atoms with Crippen LogP contribution in [0.4, 0.5) is 0 Å². The highest BCUT2D eigenvalue weighted by Gasteiger charge is 2.31. The maximum Gasteiger partial charge on any atom is 0.335 e. The summed E-state index contributed by atoms with van der Waals surface area (Å²) in [7, 11) is 0. The van der Waals surface area contributed by atoms with Crippen LogP contribution in [0.1, 0.15) is 32.8 Å². The number of hydrogen-bond donors (Lipinski definition) is 1. The van der Waals surface area contributed by atoms with Crippen molar-refractivity contribution in [2.24, 2.45) is 11.8 Å². The maximum atomic E-state index is 11.9. The van der Waals surface area contributed by atoms with Crippen molar-refractivity contribution in [2.75, 3.05) is 6.61 Å². The van der Waals surface area contributed by atoms with Gasteiger partial charge in [0.1, 0.15) is 6.10 Å². The Bertz CT molecular complexity index is 538. The molecule has 2 rings (SSSR count). The summed E-state index contributed by atoms with van der Waals surface area (Å²) < 4.78 is 11.3. The number of carbonyl (C=O) groups is 1. The van der Waals surface area contributed by atoms with Crippen molar-refractivity contribution in [2.45, 2.75) is 46.0 Å². The summed E-state index contributed by atoms with van der Waals surface area (Å²) in [6, 6.07) is 9.98. The number of cyclic esters (lactones) is 1. The van der Waals surface area contributed by atoms with E-state index in [1.807, 2.05) is 51.1 Å². The number of aliphatic hydroxyl groups is 1. The second-order valence-corrected chi connectivity index (χ2v) is 6.47. The van der Waals surface area contributed by atoms with Crippen molar-refractivity contribution in [1.82, 2.24) is 0 Å². The SMILES string of the molecule is C/C1=C/[C@@H](C)[C@@H]([C@H](C)COCc2ccccc2)OC(=O)[C@H](O)C1. The van der Waals surface area contributed by atoms with Crippen LogP contribution >= 0.6 is 0 Å². The number of hydrogen-bond acceptors (Lipinski definition) is 4. The molecule has 0 radical (unpaired) electrons. The minimum atomic E-state index is -1.07. The van der Waals surface area contributed by atoms with Gasteiger partial charge < -0.3 is 14.6 Å². The Morgan fingerprint density at radius 1 is 1.35 bits per heavy atom. The van der Waals surface area contributed by atoms with E-state index in [1.54, 1.807) is 0 Å². The lowest BCUT2D eigenvalue weighted by Gasteiger charge is -2.31. The zero-order chi connectivity index (χ0) is 16.8. The molecule has 4 nitrogen and oxygen atoms in total. The van der Waals surface area contributed by atoms with Crippen LogP contribution in [0.3, 0.4) is 0 Å². The molecule has 1 N–H and O–H groups in total. The Hall–Kier alpha value is -1.65. The van der Waals surface area contributed by atoms with E-state index in [2.05, 4.69) is 6.08 Å². The minimum absolute atomic E-state index is 0.0482. The third-order valence-electron chi connectivity index (χ3n) is 4.16. The first-order valence-electron chi connectivity index (χ1n) is 8.15. The van der Waals surface area contributed by atoms with E-state index in [0.717, 1.165) is 11.1 Å². The summed E-state index contributed by atoms with van der Waals surface area (Å²) in [6.45, 7) is 7.02. The summed E-state index contributed by atoms with van der Waals surface area (Å²) in [5.74, 6) is -0.391. The Kier molecular flexibility index (Phi) is 6.37. The molecule has 1 aromatic rings. The molecule has 0 amide bonds. The van der Waals surface area contributed by atoms with Crippen LogP contribution in [0.2, 0.25) is 0 Å². The molecule has 0 aromatic heterocycles. The molecule has 4 atom stereocenters. The van der Waals surface area contributed by atoms with E-state index in [4.69, 9.17) is 9.47 Å². The molecule has 1 aliphatic rings. The smallest absolute Gasteiger partial charge is 0.335 e. The Labute approximate surface area is 138 Å². The van der Waals surface area contributed by atoms with Gasteiger partial charge >= 0.3 is 5.97 Å². The molecular weight excluding hydrogens is 292 g/mol. The minimum Gasteiger partial charge on any atom is -0.459 e. The average Bonchev–Trinajstić information content (AvgIpc) is 2.51. The van der Waals surface area contributed by atoms with Crippen molar-refractivity contribution in [3.05, 3.63) is 47.5 Å². The summed E-state index contributed by atoms with van der Waals surface area (Å²) in [5.41, 5.74) is 2.14. The van der Waals surface area contributed by atoms with Gasteiger partial charge in [0.05, 0.1) is 13.2 Å². The fraction of sp³-hybridized carbons (Fsp3) is 0.526. The van der Waals surface area contributed by atoms with Crippen LogP contribution in [0, 0.1) is 11.8 Å². The largest absolute Gasteiger partial charge is 0.459 e. The first-order chi connectivity index (χ1) is 11.0. The average molecular weight is 318 g/mol. The first-order valence-corrected chi connectivity index (χ1v) is 8.15. The van der Waals surface area contributed by atoms with Crippen molar-refractivity contribution in [3.8, 4) is 0 Å². The van der Waals surface area contributed by atoms with E-state index in [0.29, 0.717) is 19.6 Å². The second-order valence-electron chi connectivity index (χ2n) is 6.47. The standard InChI is InChI=1S/C19H26O4/c1-13-9-14(2)18(23-19(21)17(20)10-13)15(3)11-22-12-16-7-5-4-6-8-16/h4-9,14-15,17-18,20H,10-12H2,1-3H3/b13-9-/t14-,15-,17-,18+/m1/s1. The topological polar surface area (TPSA) is 55.8 Å². The molecule has 4 heteroatoms. The van der Waals surface area contributed by atoms with Gasteiger partial charge in [-0.25, -0.2) is 4.79 Å². The zero-order valence-corrected chi connectivity index (χ0v) is 14.1. The number of carbonyl (C=O) groups excluding carboxylic acids is 1. The summed E-state index contributed by atoms with van der Waals surface area (Å²) in [4.78, 5) is 11.9. The number of esters is 1. The fourth-order valence-electron chi connectivity index (χ4n) is 2.99. The molecule has 0 saturated carbocycles. The molecule has 0 unspecified atom stereocenters. The molecule has 0 aliphatic carbocycles. The van der Waals surface area contributed by atoms with E-state index in [1.165, 1.54) is 0 Å². The number of aliphatic hydroxyl groups excluding tert-OH is 1. The van der Waals surface area contributed by atoms with Crippen molar-refractivity contribution >= 4 is 5.97 Å². The Morgan fingerprint density at radius 3 is 2.74 bits per heavy atom. The van der Waals surface area contributed by atoms with E-state index in [9.17, 15) is 9.90 Å². The van der Waals surface area contributed by atoms with E-state index in [-0.39, 0.29) is 17.9 Å². The molecule has 0 spiro atoms. The van der Waals surface area contributed by atoms with Crippen LogP contribution in [-0.2, 0) is 20.9 Å². The summed E-state index contributed by atoms with van der Waals surface area (Å²) in [5, 5.41) is 9.82. The molecule has 126 valence electrons. The molecule has 0 saturated heterocycles. The lowest BCUT2D eigenvalue weighted by atomic mass is 9.90. The second kappa shape index (κ2) is 8.27. The van der Waals surface area contributed by atoms with Crippen molar-refractivity contribution in [3.63, 3.8) is 0 Å². The molecule has 1 heterocycles. The third-order valence-corrected chi connectivity index (χ3v) is 4.16. The molecular formula is C19H26O4. The van der Waals surface area contributed by atoms with Gasteiger partial charge in [-0.3, -0.25) is 0 Å². The summed E-state index contributed by atoms with van der Waals surface area (Å²) in [6.07, 6.45) is 1.06. The van der Waals surface area contributed by atoms with Crippen molar-refractivity contribution < 1.29 is 19.4 Å². The highest BCUT2D eigenvalue weighted by atomic mass is 16.6. The quantitative estimate of drug-likeness (QED) is 0.669. The lowest BCUT2D eigenvalue weighted by molar-refractivity contribution is -0.165. The fourth-order valence-corrected chi connectivity index (χ4v) is 2.99. The monoisotopic (exact) mass is 318 g/mol. The number of rotatable bonds is 5. The normalized spacial score (nSPS) is 29.0. The molecule has 0 bridgehead atoms. The molecule has 1 aromatic carbocycles. The molecule has 0 fully saturated rings. The van der Waals surface area contributed by atoms with Gasteiger partial charge in [-0.15, -0.1) is 0 Å². The van der Waals surface area contributed by atoms with E-state index >= 15 is 0 Å².